The van der Waals surface area contributed by atoms with Gasteiger partial charge in [-0.25, -0.2) is 4.98 Å². The number of carbonyl (C=O) groups is 1. The molecule has 1 aliphatic heterocycles. The normalized spacial score (nSPS) is 15.1. The van der Waals surface area contributed by atoms with Crippen LogP contribution in [0.5, 0.6) is 0 Å². The minimum atomic E-state index is -0.0789. The average molecular weight is 440 g/mol. The number of pyridine rings is 1. The molecule has 2 aromatic carbocycles. The summed E-state index contributed by atoms with van der Waals surface area (Å²) in [4.78, 5) is 21.0. The number of amides is 1. The van der Waals surface area contributed by atoms with E-state index in [2.05, 4.69) is 74.1 Å². The lowest BCUT2D eigenvalue weighted by Gasteiger charge is -2.32. The van der Waals surface area contributed by atoms with Crippen molar-refractivity contribution in [1.82, 2.24) is 19.2 Å². The highest BCUT2D eigenvalue weighted by Crippen LogP contribution is 2.27. The second-order valence-electron chi connectivity index (χ2n) is 8.83. The third kappa shape index (κ3) is 4.82. The molecule has 0 saturated carbocycles. The Morgan fingerprint density at radius 3 is 2.52 bits per heavy atom. The molecule has 5 rings (SSSR count). The van der Waals surface area contributed by atoms with Crippen molar-refractivity contribution in [2.45, 2.75) is 13.5 Å². The molecule has 0 atom stereocenters. The van der Waals surface area contributed by atoms with Crippen molar-refractivity contribution < 1.29 is 4.79 Å². The lowest BCUT2D eigenvalue weighted by atomic mass is 10.0. The first-order chi connectivity index (χ1) is 16.0. The first kappa shape index (κ1) is 21.4. The highest BCUT2D eigenvalue weighted by atomic mass is 16.1. The van der Waals surface area contributed by atoms with E-state index in [-0.39, 0.29) is 5.91 Å². The summed E-state index contributed by atoms with van der Waals surface area (Å²) < 4.78 is 2.09. The topological polar surface area (TPSA) is 52.9 Å². The van der Waals surface area contributed by atoms with Gasteiger partial charge in [0.05, 0.1) is 11.9 Å². The maximum atomic E-state index is 11.4. The summed E-state index contributed by atoms with van der Waals surface area (Å²) >= 11 is 0. The number of likely N-dealkylation sites (N-methyl/N-ethyl adjacent to an activating group) is 1. The number of nitrogens with one attached hydrogen (secondary N) is 1. The van der Waals surface area contributed by atoms with E-state index < -0.39 is 0 Å². The van der Waals surface area contributed by atoms with Crippen LogP contribution in [0.3, 0.4) is 0 Å². The first-order valence-corrected chi connectivity index (χ1v) is 11.4. The molecule has 2 aromatic heterocycles. The van der Waals surface area contributed by atoms with Crippen molar-refractivity contribution in [2.24, 2.45) is 0 Å². The molecule has 33 heavy (non-hydrogen) atoms. The number of carbonyl (C=O) groups excluding carboxylic acids is 1. The van der Waals surface area contributed by atoms with Crippen molar-refractivity contribution in [3.63, 3.8) is 0 Å². The lowest BCUT2D eigenvalue weighted by Crippen LogP contribution is -2.43. The zero-order chi connectivity index (χ0) is 22.8. The minimum Gasteiger partial charge on any atom is -0.326 e. The fourth-order valence-corrected chi connectivity index (χ4v) is 4.45. The smallest absolute Gasteiger partial charge is 0.221 e. The zero-order valence-electron chi connectivity index (χ0n) is 19.2. The summed E-state index contributed by atoms with van der Waals surface area (Å²) in [6.45, 7) is 7.00. The summed E-state index contributed by atoms with van der Waals surface area (Å²) in [7, 11) is 2.19. The molecule has 0 radical (unpaired) electrons. The quantitative estimate of drug-likeness (QED) is 0.502. The van der Waals surface area contributed by atoms with E-state index in [1.54, 1.807) is 0 Å². The van der Waals surface area contributed by atoms with Gasteiger partial charge >= 0.3 is 0 Å². The Bertz CT molecular complexity index is 1290. The van der Waals surface area contributed by atoms with Crippen LogP contribution < -0.4 is 5.32 Å². The van der Waals surface area contributed by atoms with Crippen LogP contribution in [-0.4, -0.2) is 58.3 Å². The van der Waals surface area contributed by atoms with Gasteiger partial charge in [-0.2, -0.15) is 0 Å². The molecule has 0 unspecified atom stereocenters. The van der Waals surface area contributed by atoms with Crippen LogP contribution in [0.1, 0.15) is 12.5 Å². The van der Waals surface area contributed by atoms with Gasteiger partial charge in [0.2, 0.25) is 5.91 Å². The second-order valence-corrected chi connectivity index (χ2v) is 8.83. The monoisotopic (exact) mass is 439 g/mol. The molecule has 1 N–H and O–H groups in total. The zero-order valence-corrected chi connectivity index (χ0v) is 19.2. The predicted molar refractivity (Wildman–Crippen MR) is 133 cm³/mol. The van der Waals surface area contributed by atoms with Crippen molar-refractivity contribution in [3.8, 4) is 22.4 Å². The molecule has 1 aliphatic rings. The molecular weight excluding hydrogens is 410 g/mol. The van der Waals surface area contributed by atoms with Gasteiger partial charge in [0, 0.05) is 57.1 Å². The van der Waals surface area contributed by atoms with Crippen molar-refractivity contribution in [2.75, 3.05) is 38.5 Å². The fourth-order valence-electron chi connectivity index (χ4n) is 4.45. The minimum absolute atomic E-state index is 0.0789. The molecule has 6 nitrogen and oxygen atoms in total. The maximum Gasteiger partial charge on any atom is 0.221 e. The molecule has 1 fully saturated rings. The van der Waals surface area contributed by atoms with Gasteiger partial charge in [-0.3, -0.25) is 14.1 Å². The van der Waals surface area contributed by atoms with E-state index in [0.717, 1.165) is 60.9 Å². The largest absolute Gasteiger partial charge is 0.326 e. The number of imidazole rings is 1. The van der Waals surface area contributed by atoms with Gasteiger partial charge in [0.25, 0.3) is 0 Å². The third-order valence-corrected chi connectivity index (χ3v) is 6.25. The van der Waals surface area contributed by atoms with Gasteiger partial charge in [0.1, 0.15) is 5.65 Å². The number of benzene rings is 2. The predicted octanol–water partition coefficient (Wildman–Crippen LogP) is 4.37. The summed E-state index contributed by atoms with van der Waals surface area (Å²) in [6.07, 6.45) is 3.96. The molecule has 1 saturated heterocycles. The van der Waals surface area contributed by atoms with Crippen molar-refractivity contribution in [3.05, 3.63) is 78.6 Å². The Hall–Kier alpha value is -3.48. The molecule has 6 heteroatoms. The van der Waals surface area contributed by atoms with Crippen LogP contribution in [0.2, 0.25) is 0 Å². The van der Waals surface area contributed by atoms with Crippen molar-refractivity contribution in [1.29, 1.82) is 0 Å². The SMILES string of the molecule is CC(=O)Nc1cccc(-c2cnc3cc(-c4cccc(CN5CCN(C)CC5)c4)ccn23)c1. The Kier molecular flexibility index (Phi) is 5.94. The van der Waals surface area contributed by atoms with E-state index in [4.69, 9.17) is 0 Å². The lowest BCUT2D eigenvalue weighted by molar-refractivity contribution is -0.114. The highest BCUT2D eigenvalue weighted by Gasteiger charge is 2.14. The summed E-state index contributed by atoms with van der Waals surface area (Å²) in [5.41, 5.74) is 7.40. The number of rotatable bonds is 5. The van der Waals surface area contributed by atoms with Crippen molar-refractivity contribution >= 4 is 17.2 Å². The number of nitrogens with zero attached hydrogens (tertiary/aromatic N) is 4. The van der Waals surface area contributed by atoms with Gasteiger partial charge in [-0.1, -0.05) is 30.3 Å². The number of piperazine rings is 1. The van der Waals surface area contributed by atoms with Crippen LogP contribution in [-0.2, 0) is 11.3 Å². The van der Waals surface area contributed by atoms with Crippen LogP contribution in [0.4, 0.5) is 5.69 Å². The van der Waals surface area contributed by atoms with Gasteiger partial charge in [-0.15, -0.1) is 0 Å². The summed E-state index contributed by atoms with van der Waals surface area (Å²) in [5.74, 6) is -0.0789. The highest BCUT2D eigenvalue weighted by molar-refractivity contribution is 5.89. The number of aromatic nitrogens is 2. The summed E-state index contributed by atoms with van der Waals surface area (Å²) in [5, 5.41) is 2.85. The van der Waals surface area contributed by atoms with E-state index >= 15 is 0 Å². The van der Waals surface area contributed by atoms with E-state index in [0.29, 0.717) is 0 Å². The van der Waals surface area contributed by atoms with Gasteiger partial charge < -0.3 is 10.2 Å². The van der Waals surface area contributed by atoms with Gasteiger partial charge in [0.15, 0.2) is 0 Å². The molecule has 4 aromatic rings. The molecule has 0 bridgehead atoms. The van der Waals surface area contributed by atoms with Crippen LogP contribution in [0.15, 0.2) is 73.1 Å². The average Bonchev–Trinajstić information content (AvgIpc) is 3.24. The fraction of sp³-hybridized carbons (Fsp3) is 0.259. The number of anilines is 1. The Morgan fingerprint density at radius 1 is 0.939 bits per heavy atom. The van der Waals surface area contributed by atoms with Crippen LogP contribution in [0.25, 0.3) is 28.0 Å². The number of hydrogen-bond donors (Lipinski definition) is 1. The molecule has 168 valence electrons. The Labute approximate surface area is 194 Å². The molecule has 1 amide bonds. The maximum absolute atomic E-state index is 11.4. The molecule has 0 aliphatic carbocycles. The van der Waals surface area contributed by atoms with Crippen LogP contribution >= 0.6 is 0 Å². The summed E-state index contributed by atoms with van der Waals surface area (Å²) in [6, 6.07) is 20.9. The molecule has 0 spiro atoms. The third-order valence-electron chi connectivity index (χ3n) is 6.25. The first-order valence-electron chi connectivity index (χ1n) is 11.4. The van der Waals surface area contributed by atoms with Gasteiger partial charge in [-0.05, 0) is 54.1 Å². The van der Waals surface area contributed by atoms with Crippen LogP contribution in [0, 0.1) is 0 Å². The Morgan fingerprint density at radius 2 is 1.70 bits per heavy atom. The van der Waals surface area contributed by atoms with E-state index in [1.165, 1.54) is 18.1 Å². The Balaban J connectivity index is 1.39. The number of hydrogen-bond acceptors (Lipinski definition) is 4. The number of fused-ring (bicyclic) bond motifs is 1. The van der Waals surface area contributed by atoms with E-state index in [9.17, 15) is 4.79 Å². The molecular formula is C27H29N5O. The standard InChI is InChI=1S/C27H29N5O/c1-20(33)29-25-8-4-7-24(16-25)26-18-28-27-17-23(9-10-32(26)27)22-6-3-5-21(15-22)19-31-13-11-30(2)12-14-31/h3-10,15-18H,11-14,19H2,1-2H3,(H,29,33). The molecule has 3 heterocycles. The second kappa shape index (κ2) is 9.17. The van der Waals surface area contributed by atoms with E-state index in [1.807, 2.05) is 30.5 Å².